The van der Waals surface area contributed by atoms with Crippen LogP contribution in [-0.4, -0.2) is 175 Å². The first-order valence-electron chi connectivity index (χ1n) is 21.8. The van der Waals surface area contributed by atoms with E-state index in [0.29, 0.717) is 32.2 Å². The number of hydrogen-bond donors (Lipinski definition) is 16. The highest BCUT2D eigenvalue weighted by atomic mass is 16.4. The largest absolute Gasteiger partial charge is 0.480 e. The number of aliphatic hydroxyl groups excluding tert-OH is 2. The van der Waals surface area contributed by atoms with Crippen LogP contribution >= 0.6 is 0 Å². The van der Waals surface area contributed by atoms with Crippen molar-refractivity contribution in [3.63, 3.8) is 0 Å². The smallest absolute Gasteiger partial charge is 0.328 e. The zero-order valence-electron chi connectivity index (χ0n) is 37.9. The number of nitrogens with zero attached hydrogens (tertiary/aromatic N) is 1. The summed E-state index contributed by atoms with van der Waals surface area (Å²) in [5.41, 5.74) is 16.4. The molecule has 374 valence electrons. The van der Waals surface area contributed by atoms with Crippen LogP contribution in [0.3, 0.4) is 0 Å². The molecule has 1 fully saturated rings. The predicted octanol–water partition coefficient (Wildman–Crippen LogP) is -7.30. The van der Waals surface area contributed by atoms with Crippen LogP contribution in [0.15, 0.2) is 4.99 Å². The van der Waals surface area contributed by atoms with Crippen LogP contribution in [-0.2, 0) is 47.9 Å². The Morgan fingerprint density at radius 3 is 1.73 bits per heavy atom. The number of carbonyl (C=O) groups excluding carboxylic acids is 9. The molecule has 1 saturated heterocycles. The topological polar surface area (TPSA) is 442 Å². The number of carbonyl (C=O) groups is 10. The summed E-state index contributed by atoms with van der Waals surface area (Å²) < 4.78 is 0. The SMILES string of the molecule is CC[C@H](C)[C@H](NC(=O)[C@H](CO)NC(=O)[C@H](C)NC(=O)[C@H](C)NC(=O)CNC(=O)CNC(=O)[C@@H]1CCCN1)C(=O)N[C@@H](CCCCN)C(=O)N[C@@H](CCCN=C(N)N)C(=O)N[C@@H](CO)C(=O)O. The number of aliphatic hydroxyl groups is 2. The molecule has 66 heavy (non-hydrogen) atoms. The monoisotopic (exact) mass is 943 g/mol. The van der Waals surface area contributed by atoms with E-state index in [1.807, 2.05) is 0 Å². The fourth-order valence-electron chi connectivity index (χ4n) is 6.17. The molecule has 27 nitrogen and oxygen atoms in total. The van der Waals surface area contributed by atoms with Gasteiger partial charge >= 0.3 is 5.97 Å². The summed E-state index contributed by atoms with van der Waals surface area (Å²) in [7, 11) is 0. The van der Waals surface area contributed by atoms with E-state index >= 15 is 0 Å². The Kier molecular flexibility index (Phi) is 27.0. The second-order valence-electron chi connectivity index (χ2n) is 15.7. The number of guanidine groups is 1. The standard InChI is InChI=1S/C39H70N14O13/c1-5-20(2)30(37(64)50-24(10-6-7-13-40)34(61)49-25(12-9-15-44-39(41)42)35(62)52-27(19-55)38(65)66)53-36(63)26(18-54)51-32(59)22(4)48-31(58)21(3)47-29(57)17-45-28(56)16-46-33(60)23-11-8-14-43-23/h20-27,30,43,54-55H,5-19,40H2,1-4H3,(H,45,56)(H,46,60)(H,47,57)(H,48,58)(H,49,61)(H,50,64)(H,51,59)(H,52,62)(H,53,63)(H,65,66)(H4,41,42,44)/t20-,21-,22-,23-,24-,25-,26-,27-,30-/m0/s1. The van der Waals surface area contributed by atoms with Gasteiger partial charge < -0.3 is 85.7 Å². The Balaban J connectivity index is 2.97. The Morgan fingerprint density at radius 1 is 0.652 bits per heavy atom. The van der Waals surface area contributed by atoms with Gasteiger partial charge in [-0.1, -0.05) is 20.3 Å². The van der Waals surface area contributed by atoms with E-state index in [0.717, 1.165) is 6.42 Å². The van der Waals surface area contributed by atoms with Gasteiger partial charge in [-0.25, -0.2) is 4.79 Å². The molecule has 0 bridgehead atoms. The molecule has 1 rings (SSSR count). The van der Waals surface area contributed by atoms with Crippen LogP contribution < -0.4 is 70.4 Å². The van der Waals surface area contributed by atoms with Crippen molar-refractivity contribution in [3.05, 3.63) is 0 Å². The van der Waals surface area contributed by atoms with Crippen molar-refractivity contribution in [2.24, 2.45) is 28.1 Å². The van der Waals surface area contributed by atoms with E-state index in [4.69, 9.17) is 17.2 Å². The average Bonchev–Trinajstić information content (AvgIpc) is 3.83. The van der Waals surface area contributed by atoms with Gasteiger partial charge in [0.2, 0.25) is 53.2 Å². The fourth-order valence-corrected chi connectivity index (χ4v) is 6.17. The zero-order chi connectivity index (χ0) is 49.9. The van der Waals surface area contributed by atoms with Gasteiger partial charge in [0.15, 0.2) is 5.96 Å². The molecule has 27 heteroatoms. The summed E-state index contributed by atoms with van der Waals surface area (Å²) in [5, 5.41) is 53.4. The Bertz CT molecular complexity index is 1690. The molecule has 0 aromatic carbocycles. The maximum absolute atomic E-state index is 13.8. The van der Waals surface area contributed by atoms with Crippen LogP contribution in [0.2, 0.25) is 0 Å². The van der Waals surface area contributed by atoms with Crippen molar-refractivity contribution >= 4 is 65.1 Å². The minimum atomic E-state index is -1.69. The minimum Gasteiger partial charge on any atom is -0.480 e. The maximum Gasteiger partial charge on any atom is 0.328 e. The van der Waals surface area contributed by atoms with Crippen LogP contribution in [0.1, 0.15) is 79.1 Å². The number of aliphatic carboxylic acids is 1. The van der Waals surface area contributed by atoms with E-state index in [-0.39, 0.29) is 56.8 Å². The molecule has 0 aromatic rings. The summed E-state index contributed by atoms with van der Waals surface area (Å²) in [6, 6.07) is -10.2. The molecule has 9 atom stereocenters. The molecule has 1 aliphatic rings. The number of amides is 9. The molecular formula is C39H70N14O13. The van der Waals surface area contributed by atoms with Gasteiger partial charge in [0, 0.05) is 6.54 Å². The first-order chi connectivity index (χ1) is 31.2. The molecule has 19 N–H and O–H groups in total. The highest BCUT2D eigenvalue weighted by Gasteiger charge is 2.34. The molecule has 0 radical (unpaired) electrons. The third-order valence-electron chi connectivity index (χ3n) is 10.3. The molecule has 0 aliphatic carbocycles. The summed E-state index contributed by atoms with van der Waals surface area (Å²) in [6.45, 7) is 4.16. The van der Waals surface area contributed by atoms with Crippen LogP contribution in [0.25, 0.3) is 0 Å². The van der Waals surface area contributed by atoms with Crippen LogP contribution in [0, 0.1) is 5.92 Å². The number of carboxylic acid groups (broad SMARTS) is 1. The number of nitrogens with two attached hydrogens (primary N) is 3. The third-order valence-corrected chi connectivity index (χ3v) is 10.3. The van der Waals surface area contributed by atoms with Gasteiger partial charge in [0.1, 0.15) is 42.3 Å². The Hall–Kier alpha value is -6.19. The van der Waals surface area contributed by atoms with Gasteiger partial charge in [0.25, 0.3) is 0 Å². The highest BCUT2D eigenvalue weighted by molar-refractivity contribution is 5.97. The lowest BCUT2D eigenvalue weighted by molar-refractivity contribution is -0.143. The molecule has 0 spiro atoms. The molecular weight excluding hydrogens is 873 g/mol. The van der Waals surface area contributed by atoms with Crippen molar-refractivity contribution in [3.8, 4) is 0 Å². The van der Waals surface area contributed by atoms with Crippen molar-refractivity contribution in [2.75, 3.05) is 45.9 Å². The molecule has 9 amide bonds. The van der Waals surface area contributed by atoms with E-state index in [9.17, 15) is 63.3 Å². The third kappa shape index (κ3) is 21.7. The predicted molar refractivity (Wildman–Crippen MR) is 236 cm³/mol. The quantitative estimate of drug-likeness (QED) is 0.0174. The number of carboxylic acids is 1. The Labute approximate surface area is 382 Å². The van der Waals surface area contributed by atoms with Gasteiger partial charge in [-0.05, 0) is 77.8 Å². The summed E-state index contributed by atoms with van der Waals surface area (Å²) in [6.07, 6.45) is 2.66. The minimum absolute atomic E-state index is 0.0178. The average molecular weight is 943 g/mol. The first-order valence-corrected chi connectivity index (χ1v) is 21.8. The first kappa shape index (κ1) is 57.8. The second kappa shape index (κ2) is 30.9. The molecule has 0 aromatic heterocycles. The van der Waals surface area contributed by atoms with E-state index in [1.165, 1.54) is 13.8 Å². The zero-order valence-corrected chi connectivity index (χ0v) is 37.9. The van der Waals surface area contributed by atoms with Crippen molar-refractivity contribution in [2.45, 2.75) is 127 Å². The van der Waals surface area contributed by atoms with Gasteiger partial charge in [-0.2, -0.15) is 0 Å². The van der Waals surface area contributed by atoms with E-state index < -0.39 is 121 Å². The summed E-state index contributed by atoms with van der Waals surface area (Å²) in [5.74, 6) is -9.44. The summed E-state index contributed by atoms with van der Waals surface area (Å²) >= 11 is 0. The number of hydrogen-bond acceptors (Lipinski definition) is 15. The lowest BCUT2D eigenvalue weighted by atomic mass is 9.97. The fraction of sp³-hybridized carbons (Fsp3) is 0.718. The normalized spacial score (nSPS) is 16.7. The highest BCUT2D eigenvalue weighted by Crippen LogP contribution is 2.11. The lowest BCUT2D eigenvalue weighted by Gasteiger charge is -2.29. The number of aliphatic imine (C=N–C) groups is 1. The van der Waals surface area contributed by atoms with Crippen LogP contribution in [0.5, 0.6) is 0 Å². The summed E-state index contributed by atoms with van der Waals surface area (Å²) in [4.78, 5) is 132. The van der Waals surface area contributed by atoms with Crippen LogP contribution in [0.4, 0.5) is 0 Å². The maximum atomic E-state index is 13.8. The van der Waals surface area contributed by atoms with Gasteiger partial charge in [-0.15, -0.1) is 0 Å². The Morgan fingerprint density at radius 2 is 1.18 bits per heavy atom. The molecule has 0 unspecified atom stereocenters. The van der Waals surface area contributed by atoms with Crippen molar-refractivity contribution < 1.29 is 63.3 Å². The number of rotatable bonds is 31. The number of unbranched alkanes of at least 4 members (excludes halogenated alkanes) is 1. The van der Waals surface area contributed by atoms with Gasteiger partial charge in [0.05, 0.1) is 32.3 Å². The molecule has 1 aliphatic heterocycles. The van der Waals surface area contributed by atoms with Gasteiger partial charge in [-0.3, -0.25) is 48.1 Å². The van der Waals surface area contributed by atoms with E-state index in [2.05, 4.69) is 58.2 Å². The number of nitrogens with one attached hydrogen (secondary N) is 10. The molecule has 1 heterocycles. The molecule has 0 saturated carbocycles. The second-order valence-corrected chi connectivity index (χ2v) is 15.7. The van der Waals surface area contributed by atoms with Crippen molar-refractivity contribution in [1.82, 2.24) is 53.2 Å². The van der Waals surface area contributed by atoms with E-state index in [1.54, 1.807) is 13.8 Å². The van der Waals surface area contributed by atoms with Crippen molar-refractivity contribution in [1.29, 1.82) is 0 Å². The lowest BCUT2D eigenvalue weighted by Crippen LogP contribution is -2.61.